The van der Waals surface area contributed by atoms with Crippen LogP contribution in [0.25, 0.3) is 0 Å². The van der Waals surface area contributed by atoms with Gasteiger partial charge in [-0.05, 0) is 12.1 Å². The van der Waals surface area contributed by atoms with Gasteiger partial charge >= 0.3 is 0 Å². The summed E-state index contributed by atoms with van der Waals surface area (Å²) in [5, 5.41) is 0. The van der Waals surface area contributed by atoms with Gasteiger partial charge in [-0.25, -0.2) is 8.42 Å². The van der Waals surface area contributed by atoms with Crippen LogP contribution in [0.15, 0.2) is 18.3 Å². The highest BCUT2D eigenvalue weighted by molar-refractivity contribution is 8.13. The Morgan fingerprint density at radius 2 is 2.27 bits per heavy atom. The standard InChI is InChI=1S/C6H8ClNO2S/c7-11(9,10)5-3-6-2-1-4-8-6/h1-2,4,8H,3,5H2. The number of H-pyrrole nitrogens is 1. The molecule has 0 aliphatic heterocycles. The molecule has 5 heteroatoms. The summed E-state index contributed by atoms with van der Waals surface area (Å²) in [4.78, 5) is 2.89. The Hall–Kier alpha value is -0.480. The Labute approximate surface area is 69.8 Å². The molecule has 0 aliphatic carbocycles. The van der Waals surface area contributed by atoms with E-state index in [0.29, 0.717) is 6.42 Å². The van der Waals surface area contributed by atoms with Gasteiger partial charge in [0.15, 0.2) is 0 Å². The molecule has 1 N–H and O–H groups in total. The highest BCUT2D eigenvalue weighted by Crippen LogP contribution is 2.02. The molecule has 0 fully saturated rings. The second kappa shape index (κ2) is 3.28. The van der Waals surface area contributed by atoms with Crippen LogP contribution in [0.2, 0.25) is 0 Å². The summed E-state index contributed by atoms with van der Waals surface area (Å²) in [6, 6.07) is 3.64. The number of hydrogen-bond donors (Lipinski definition) is 1. The summed E-state index contributed by atoms with van der Waals surface area (Å²) in [6.07, 6.45) is 2.19. The van der Waals surface area contributed by atoms with Crippen molar-refractivity contribution in [2.75, 3.05) is 5.75 Å². The van der Waals surface area contributed by atoms with E-state index in [0.717, 1.165) is 5.69 Å². The van der Waals surface area contributed by atoms with Gasteiger partial charge in [0, 0.05) is 29.0 Å². The zero-order chi connectivity index (χ0) is 8.32. The Kier molecular flexibility index (Phi) is 2.57. The second-order valence-electron chi connectivity index (χ2n) is 2.19. The van der Waals surface area contributed by atoms with E-state index in [1.54, 1.807) is 6.20 Å². The summed E-state index contributed by atoms with van der Waals surface area (Å²) in [5.74, 6) is -0.0188. The van der Waals surface area contributed by atoms with E-state index >= 15 is 0 Å². The van der Waals surface area contributed by atoms with Crippen molar-refractivity contribution in [1.82, 2.24) is 4.98 Å². The smallest absolute Gasteiger partial charge is 0.232 e. The zero-order valence-corrected chi connectivity index (χ0v) is 7.32. The van der Waals surface area contributed by atoms with Crippen molar-refractivity contribution in [3.05, 3.63) is 24.0 Å². The van der Waals surface area contributed by atoms with E-state index < -0.39 is 9.05 Å². The number of aromatic nitrogens is 1. The molecule has 0 bridgehead atoms. The van der Waals surface area contributed by atoms with Crippen LogP contribution in [0.3, 0.4) is 0 Å². The van der Waals surface area contributed by atoms with Crippen molar-refractivity contribution in [2.24, 2.45) is 0 Å². The fourth-order valence-corrected chi connectivity index (χ4v) is 1.45. The molecule has 1 aromatic rings. The molecule has 3 nitrogen and oxygen atoms in total. The zero-order valence-electron chi connectivity index (χ0n) is 5.75. The van der Waals surface area contributed by atoms with Crippen LogP contribution in [0.4, 0.5) is 0 Å². The molecule has 0 saturated carbocycles. The van der Waals surface area contributed by atoms with Crippen LogP contribution in [0.5, 0.6) is 0 Å². The van der Waals surface area contributed by atoms with Gasteiger partial charge in [-0.15, -0.1) is 0 Å². The average molecular weight is 194 g/mol. The minimum atomic E-state index is -3.35. The predicted molar refractivity (Wildman–Crippen MR) is 44.1 cm³/mol. The lowest BCUT2D eigenvalue weighted by molar-refractivity contribution is 0.608. The molecule has 1 heterocycles. The van der Waals surface area contributed by atoms with Crippen molar-refractivity contribution in [3.63, 3.8) is 0 Å². The van der Waals surface area contributed by atoms with Crippen LogP contribution in [0, 0.1) is 0 Å². The topological polar surface area (TPSA) is 49.9 Å². The molecule has 0 amide bonds. The van der Waals surface area contributed by atoms with Crippen molar-refractivity contribution in [2.45, 2.75) is 6.42 Å². The van der Waals surface area contributed by atoms with Crippen LogP contribution >= 0.6 is 10.7 Å². The molecule has 0 aliphatic rings. The fraction of sp³-hybridized carbons (Fsp3) is 0.333. The number of hydrogen-bond acceptors (Lipinski definition) is 2. The predicted octanol–water partition coefficient (Wildman–Crippen LogP) is 1.13. The SMILES string of the molecule is O=S(=O)(Cl)CCc1ccc[nH]1. The Balaban J connectivity index is 2.48. The Morgan fingerprint density at radius 3 is 2.73 bits per heavy atom. The molecule has 0 aromatic carbocycles. The number of aromatic amines is 1. The minimum Gasteiger partial charge on any atom is -0.365 e. The molecule has 0 radical (unpaired) electrons. The second-order valence-corrected chi connectivity index (χ2v) is 5.08. The summed E-state index contributed by atoms with van der Waals surface area (Å²) in [5.41, 5.74) is 0.884. The van der Waals surface area contributed by atoms with Gasteiger partial charge in [0.05, 0.1) is 5.75 Å². The lowest BCUT2D eigenvalue weighted by Crippen LogP contribution is -2.00. The highest BCUT2D eigenvalue weighted by atomic mass is 35.7. The van der Waals surface area contributed by atoms with Crippen LogP contribution in [-0.4, -0.2) is 19.2 Å². The van der Waals surface area contributed by atoms with Crippen molar-refractivity contribution in [3.8, 4) is 0 Å². The van der Waals surface area contributed by atoms with Gasteiger partial charge in [0.1, 0.15) is 0 Å². The number of nitrogens with one attached hydrogen (secondary N) is 1. The summed E-state index contributed by atoms with van der Waals surface area (Å²) in [6.45, 7) is 0. The van der Waals surface area contributed by atoms with Crippen molar-refractivity contribution < 1.29 is 8.42 Å². The van der Waals surface area contributed by atoms with Gasteiger partial charge < -0.3 is 4.98 Å². The van der Waals surface area contributed by atoms with Gasteiger partial charge in [-0.2, -0.15) is 0 Å². The first kappa shape index (κ1) is 8.62. The van der Waals surface area contributed by atoms with E-state index in [1.165, 1.54) is 0 Å². The van der Waals surface area contributed by atoms with Crippen molar-refractivity contribution >= 4 is 19.7 Å². The maximum absolute atomic E-state index is 10.5. The summed E-state index contributed by atoms with van der Waals surface area (Å²) in [7, 11) is 1.66. The average Bonchev–Trinajstić information content (AvgIpc) is 2.32. The Morgan fingerprint density at radius 1 is 1.55 bits per heavy atom. The first-order chi connectivity index (χ1) is 5.08. The first-order valence-electron chi connectivity index (χ1n) is 3.12. The third-order valence-corrected chi connectivity index (χ3v) is 2.43. The van der Waals surface area contributed by atoms with Gasteiger partial charge in [-0.1, -0.05) is 0 Å². The monoisotopic (exact) mass is 193 g/mol. The number of aryl methyl sites for hydroxylation is 1. The van der Waals surface area contributed by atoms with E-state index in [2.05, 4.69) is 4.98 Å². The molecule has 0 saturated heterocycles. The largest absolute Gasteiger partial charge is 0.365 e. The van der Waals surface area contributed by atoms with Crippen LogP contribution < -0.4 is 0 Å². The van der Waals surface area contributed by atoms with Crippen LogP contribution in [-0.2, 0) is 15.5 Å². The van der Waals surface area contributed by atoms with E-state index in [4.69, 9.17) is 10.7 Å². The fourth-order valence-electron chi connectivity index (χ4n) is 0.755. The molecule has 0 atom stereocenters. The number of halogens is 1. The minimum absolute atomic E-state index is 0.0188. The molecular weight excluding hydrogens is 186 g/mol. The van der Waals surface area contributed by atoms with Crippen molar-refractivity contribution in [1.29, 1.82) is 0 Å². The Bertz CT molecular complexity index is 303. The van der Waals surface area contributed by atoms with E-state index in [-0.39, 0.29) is 5.75 Å². The molecule has 0 spiro atoms. The van der Waals surface area contributed by atoms with E-state index in [9.17, 15) is 8.42 Å². The van der Waals surface area contributed by atoms with Crippen LogP contribution in [0.1, 0.15) is 5.69 Å². The molecule has 11 heavy (non-hydrogen) atoms. The third-order valence-electron chi connectivity index (χ3n) is 1.28. The molecular formula is C6H8ClNO2S. The van der Waals surface area contributed by atoms with E-state index in [1.807, 2.05) is 12.1 Å². The molecule has 1 aromatic heterocycles. The molecule has 62 valence electrons. The van der Waals surface area contributed by atoms with Gasteiger partial charge in [0.25, 0.3) is 0 Å². The normalized spacial score (nSPS) is 11.7. The first-order valence-corrected chi connectivity index (χ1v) is 5.60. The molecule has 0 unspecified atom stereocenters. The summed E-state index contributed by atoms with van der Waals surface area (Å²) < 4.78 is 21.0. The van der Waals surface area contributed by atoms with Gasteiger partial charge in [-0.3, -0.25) is 0 Å². The molecule has 1 rings (SSSR count). The highest BCUT2D eigenvalue weighted by Gasteiger charge is 2.04. The third kappa shape index (κ3) is 3.43. The maximum Gasteiger partial charge on any atom is 0.232 e. The maximum atomic E-state index is 10.5. The summed E-state index contributed by atoms with van der Waals surface area (Å²) >= 11 is 0. The lowest BCUT2D eigenvalue weighted by Gasteiger charge is -1.92. The lowest BCUT2D eigenvalue weighted by atomic mass is 10.3. The van der Waals surface area contributed by atoms with Gasteiger partial charge in [0.2, 0.25) is 9.05 Å². The quantitative estimate of drug-likeness (QED) is 0.732. The number of rotatable bonds is 3.